The van der Waals surface area contributed by atoms with Crippen molar-refractivity contribution in [3.05, 3.63) is 12.2 Å². The van der Waals surface area contributed by atoms with Crippen molar-refractivity contribution in [2.75, 3.05) is 13.2 Å². The minimum absolute atomic E-state index is 0.00460. The van der Waals surface area contributed by atoms with Gasteiger partial charge in [0.1, 0.15) is 0 Å². The molecule has 0 spiro atoms. The Morgan fingerprint density at radius 1 is 0.435 bits per heavy atom. The van der Waals surface area contributed by atoms with Gasteiger partial charge in [-0.2, -0.15) is 0 Å². The largest absolute Gasteiger partial charge is 0.466 e. The summed E-state index contributed by atoms with van der Waals surface area (Å²) in [5, 5.41) is 23.2. The van der Waals surface area contributed by atoms with E-state index >= 15 is 0 Å². The second kappa shape index (κ2) is 52.2. The van der Waals surface area contributed by atoms with Crippen LogP contribution in [-0.2, 0) is 14.3 Å². The van der Waals surface area contributed by atoms with Crippen LogP contribution in [0.3, 0.4) is 0 Å². The smallest absolute Gasteiger partial charge is 0.305 e. The fourth-order valence-corrected chi connectivity index (χ4v) is 8.75. The van der Waals surface area contributed by atoms with Crippen LogP contribution in [0.1, 0.15) is 309 Å². The quantitative estimate of drug-likeness (QED) is 0.0321. The summed E-state index contributed by atoms with van der Waals surface area (Å²) >= 11 is 0. The lowest BCUT2D eigenvalue weighted by atomic mass is 10.0. The van der Waals surface area contributed by atoms with Crippen molar-refractivity contribution in [3.8, 4) is 0 Å². The monoisotopic (exact) mass is 876 g/mol. The van der Waals surface area contributed by atoms with Gasteiger partial charge in [-0.15, -0.1) is 0 Å². The lowest BCUT2D eigenvalue weighted by molar-refractivity contribution is -0.143. The number of rotatable bonds is 52. The van der Waals surface area contributed by atoms with Gasteiger partial charge in [-0.1, -0.05) is 257 Å². The minimum atomic E-state index is -0.670. The molecule has 6 heteroatoms. The highest BCUT2D eigenvalue weighted by atomic mass is 16.5. The normalized spacial score (nSPS) is 12.6. The van der Waals surface area contributed by atoms with Crippen molar-refractivity contribution in [1.29, 1.82) is 0 Å². The van der Waals surface area contributed by atoms with Crippen molar-refractivity contribution in [2.45, 2.75) is 321 Å². The number of carbonyl (C=O) groups excluding carboxylic acids is 2. The van der Waals surface area contributed by atoms with Crippen LogP contribution in [0.15, 0.2) is 12.2 Å². The van der Waals surface area contributed by atoms with Gasteiger partial charge in [0.25, 0.3) is 0 Å². The van der Waals surface area contributed by atoms with Crippen LogP contribution in [0.2, 0.25) is 0 Å². The minimum Gasteiger partial charge on any atom is -0.466 e. The molecule has 0 rings (SSSR count). The van der Waals surface area contributed by atoms with Crippen molar-refractivity contribution < 1.29 is 24.5 Å². The summed E-state index contributed by atoms with van der Waals surface area (Å²) in [6.45, 7) is 4.94. The van der Waals surface area contributed by atoms with Crippen molar-refractivity contribution in [3.63, 3.8) is 0 Å². The van der Waals surface area contributed by atoms with E-state index < -0.39 is 12.1 Å². The standard InChI is InChI=1S/C56H109NO5/c1-3-5-7-9-11-13-15-17-18-19-20-21-26-30-34-38-42-46-50-56(61)62-51-47-43-39-35-31-27-23-22-25-29-33-37-41-45-49-55(60)57-53(52-58)54(59)48-44-40-36-32-28-24-16-14-12-10-8-6-4-2/h18-19,53-54,58-59H,3-17,20-52H2,1-2H3,(H,57,60)/b19-18-. The zero-order valence-electron chi connectivity index (χ0n) is 41.9. The molecule has 0 aromatic heterocycles. The topological polar surface area (TPSA) is 95.9 Å². The number of hydrogen-bond donors (Lipinski definition) is 3. The Morgan fingerprint density at radius 2 is 0.758 bits per heavy atom. The van der Waals surface area contributed by atoms with E-state index in [1.54, 1.807) is 0 Å². The molecule has 2 unspecified atom stereocenters. The summed E-state index contributed by atoms with van der Waals surface area (Å²) in [7, 11) is 0. The zero-order valence-corrected chi connectivity index (χ0v) is 41.9. The molecule has 3 N–H and O–H groups in total. The van der Waals surface area contributed by atoms with Crippen molar-refractivity contribution >= 4 is 11.9 Å². The number of esters is 1. The van der Waals surface area contributed by atoms with Gasteiger partial charge in [-0.25, -0.2) is 0 Å². The highest BCUT2D eigenvalue weighted by Gasteiger charge is 2.20. The first-order chi connectivity index (χ1) is 30.5. The fraction of sp³-hybridized carbons (Fsp3) is 0.929. The predicted molar refractivity (Wildman–Crippen MR) is 269 cm³/mol. The van der Waals surface area contributed by atoms with Crippen molar-refractivity contribution in [1.82, 2.24) is 5.32 Å². The first-order valence-corrected chi connectivity index (χ1v) is 27.9. The summed E-state index contributed by atoms with van der Waals surface area (Å²) in [6, 6.07) is -0.548. The first kappa shape index (κ1) is 60.6. The van der Waals surface area contributed by atoms with Gasteiger partial charge in [0.2, 0.25) is 5.91 Å². The zero-order chi connectivity index (χ0) is 45.1. The summed E-state index contributed by atoms with van der Waals surface area (Å²) in [5.74, 6) is -0.0492. The summed E-state index contributed by atoms with van der Waals surface area (Å²) in [6.07, 6.45) is 60.5. The number of unbranched alkanes of at least 4 members (excludes halogenated alkanes) is 39. The second-order valence-corrected chi connectivity index (χ2v) is 19.3. The Bertz CT molecular complexity index is 924. The predicted octanol–water partition coefficient (Wildman–Crippen LogP) is 16.9. The van der Waals surface area contributed by atoms with E-state index in [1.807, 2.05) is 0 Å². The SMILES string of the molecule is CCCCCCCCC/C=C\CCCCCCCCCC(=O)OCCCCCCCCCCCCCCCCC(=O)NC(CO)C(O)CCCCCCCCCCCCCCC. The molecule has 2 atom stereocenters. The van der Waals surface area contributed by atoms with Crippen LogP contribution in [-0.4, -0.2) is 47.4 Å². The molecule has 0 aliphatic heterocycles. The van der Waals surface area contributed by atoms with E-state index in [0.29, 0.717) is 25.9 Å². The van der Waals surface area contributed by atoms with Crippen LogP contribution in [0, 0.1) is 0 Å². The van der Waals surface area contributed by atoms with E-state index in [2.05, 4.69) is 31.3 Å². The fourth-order valence-electron chi connectivity index (χ4n) is 8.75. The van der Waals surface area contributed by atoms with Crippen LogP contribution >= 0.6 is 0 Å². The molecule has 0 aliphatic rings. The Kier molecular flexibility index (Phi) is 51.0. The Morgan fingerprint density at radius 3 is 1.15 bits per heavy atom. The van der Waals surface area contributed by atoms with Crippen molar-refractivity contribution in [2.24, 2.45) is 0 Å². The number of hydrogen-bond acceptors (Lipinski definition) is 5. The average Bonchev–Trinajstić information content (AvgIpc) is 3.27. The molecule has 0 aromatic carbocycles. The third kappa shape index (κ3) is 48.1. The molecular weight excluding hydrogens is 767 g/mol. The van der Waals surface area contributed by atoms with E-state index in [4.69, 9.17) is 4.74 Å². The maximum absolute atomic E-state index is 12.4. The molecule has 368 valence electrons. The van der Waals surface area contributed by atoms with Gasteiger partial charge >= 0.3 is 5.97 Å². The lowest BCUT2D eigenvalue weighted by Gasteiger charge is -2.22. The van der Waals surface area contributed by atoms with Gasteiger partial charge < -0.3 is 20.3 Å². The van der Waals surface area contributed by atoms with Crippen LogP contribution in [0.4, 0.5) is 0 Å². The molecule has 0 fully saturated rings. The molecule has 62 heavy (non-hydrogen) atoms. The summed E-state index contributed by atoms with van der Waals surface area (Å²) < 4.78 is 5.48. The van der Waals surface area contributed by atoms with Crippen LogP contribution < -0.4 is 5.32 Å². The third-order valence-corrected chi connectivity index (χ3v) is 13.1. The van der Waals surface area contributed by atoms with Gasteiger partial charge in [0.05, 0.1) is 25.4 Å². The lowest BCUT2D eigenvalue weighted by Crippen LogP contribution is -2.45. The number of carbonyl (C=O) groups is 2. The molecule has 0 bridgehead atoms. The summed E-state index contributed by atoms with van der Waals surface area (Å²) in [4.78, 5) is 24.5. The Balaban J connectivity index is 3.41. The molecule has 6 nitrogen and oxygen atoms in total. The van der Waals surface area contributed by atoms with Gasteiger partial charge in [0, 0.05) is 12.8 Å². The second-order valence-electron chi connectivity index (χ2n) is 19.3. The van der Waals surface area contributed by atoms with Gasteiger partial charge in [0.15, 0.2) is 0 Å². The van der Waals surface area contributed by atoms with Crippen LogP contribution in [0.5, 0.6) is 0 Å². The van der Waals surface area contributed by atoms with Crippen LogP contribution in [0.25, 0.3) is 0 Å². The number of allylic oxidation sites excluding steroid dienone is 2. The molecule has 0 heterocycles. The van der Waals surface area contributed by atoms with E-state index in [0.717, 1.165) is 51.4 Å². The maximum atomic E-state index is 12.4. The molecule has 0 radical (unpaired) electrons. The highest BCUT2D eigenvalue weighted by Crippen LogP contribution is 2.17. The maximum Gasteiger partial charge on any atom is 0.305 e. The third-order valence-electron chi connectivity index (χ3n) is 13.1. The molecule has 0 saturated carbocycles. The molecule has 1 amide bonds. The Labute approximate surface area is 387 Å². The number of nitrogens with one attached hydrogen (secondary N) is 1. The molecule has 0 aromatic rings. The highest BCUT2D eigenvalue weighted by molar-refractivity contribution is 5.76. The average molecular weight is 876 g/mol. The summed E-state index contributed by atoms with van der Waals surface area (Å²) in [5.41, 5.74) is 0. The molecule has 0 saturated heterocycles. The van der Waals surface area contributed by atoms with E-state index in [9.17, 15) is 19.8 Å². The number of ether oxygens (including phenoxy) is 1. The molecular formula is C56H109NO5. The first-order valence-electron chi connectivity index (χ1n) is 27.9. The molecule has 0 aliphatic carbocycles. The Hall–Kier alpha value is -1.40. The van der Waals surface area contributed by atoms with E-state index in [-0.39, 0.29) is 18.5 Å². The number of aliphatic hydroxyl groups excluding tert-OH is 2. The number of aliphatic hydroxyl groups is 2. The van der Waals surface area contributed by atoms with Gasteiger partial charge in [-0.3, -0.25) is 9.59 Å². The van der Waals surface area contributed by atoms with Gasteiger partial charge in [-0.05, 0) is 51.4 Å². The van der Waals surface area contributed by atoms with E-state index in [1.165, 1.54) is 225 Å². The number of amides is 1.